The summed E-state index contributed by atoms with van der Waals surface area (Å²) in [5.74, 6) is -0.407. The van der Waals surface area contributed by atoms with Gasteiger partial charge in [-0.25, -0.2) is 9.97 Å². The van der Waals surface area contributed by atoms with Crippen LogP contribution in [0.3, 0.4) is 0 Å². The maximum atomic E-state index is 13.5. The number of nitrogens with one attached hydrogen (secondary N) is 1. The lowest BCUT2D eigenvalue weighted by molar-refractivity contribution is -0.137. The number of aromatic nitrogens is 4. The number of imidazole rings is 1. The van der Waals surface area contributed by atoms with Gasteiger partial charge in [0, 0.05) is 11.6 Å². The van der Waals surface area contributed by atoms with Crippen LogP contribution in [0, 0.1) is 6.92 Å². The molecule has 0 aliphatic rings. The molecule has 0 saturated heterocycles. The fourth-order valence-electron chi connectivity index (χ4n) is 3.31. The van der Waals surface area contributed by atoms with Gasteiger partial charge in [0.05, 0.1) is 23.6 Å². The zero-order chi connectivity index (χ0) is 25.2. The van der Waals surface area contributed by atoms with Crippen molar-refractivity contribution in [2.75, 3.05) is 18.5 Å². The highest BCUT2D eigenvalue weighted by molar-refractivity contribution is 6.03. The molecule has 0 aliphatic carbocycles. The highest BCUT2D eigenvalue weighted by atomic mass is 19.4. The standard InChI is InChI=1S/C23H20F3N5O4/c1-13-21(29-22(34)18-7-4-8-20(28-18)35-12-14(33)11-32)31-19(27-13)10-9-17(30-31)15-5-2-3-6-16(15)23(24,25)26/h2-10,14,32-33H,11-12H2,1H3,(H,29,34). The molecule has 4 aromatic rings. The summed E-state index contributed by atoms with van der Waals surface area (Å²) in [5, 5.41) is 25.2. The number of carbonyl (C=O) groups excluding carboxylic acids is 1. The van der Waals surface area contributed by atoms with E-state index in [9.17, 15) is 23.1 Å². The van der Waals surface area contributed by atoms with E-state index >= 15 is 0 Å². The Labute approximate surface area is 196 Å². The Bertz CT molecular complexity index is 1370. The predicted molar refractivity (Wildman–Crippen MR) is 119 cm³/mol. The fourth-order valence-corrected chi connectivity index (χ4v) is 3.31. The van der Waals surface area contributed by atoms with Gasteiger partial charge in [-0.2, -0.15) is 22.8 Å². The normalized spacial score (nSPS) is 12.5. The Morgan fingerprint density at radius 1 is 1.11 bits per heavy atom. The Morgan fingerprint density at radius 3 is 2.63 bits per heavy atom. The minimum atomic E-state index is -4.57. The van der Waals surface area contributed by atoms with E-state index in [1.807, 2.05) is 0 Å². The molecule has 1 unspecified atom stereocenters. The number of benzene rings is 1. The molecule has 3 heterocycles. The number of hydrogen-bond donors (Lipinski definition) is 3. The van der Waals surface area contributed by atoms with Crippen LogP contribution < -0.4 is 10.1 Å². The Hall–Kier alpha value is -4.03. The van der Waals surface area contributed by atoms with Crippen molar-refractivity contribution in [3.05, 3.63) is 71.5 Å². The molecule has 1 atom stereocenters. The highest BCUT2D eigenvalue weighted by Crippen LogP contribution is 2.36. The van der Waals surface area contributed by atoms with Crippen LogP contribution in [0.2, 0.25) is 0 Å². The van der Waals surface area contributed by atoms with Crippen LogP contribution in [-0.4, -0.2) is 55.0 Å². The van der Waals surface area contributed by atoms with E-state index in [-0.39, 0.29) is 35.3 Å². The number of fused-ring (bicyclic) bond motifs is 1. The van der Waals surface area contributed by atoms with Crippen LogP contribution in [0.5, 0.6) is 5.88 Å². The summed E-state index contributed by atoms with van der Waals surface area (Å²) in [6.45, 7) is 0.917. The van der Waals surface area contributed by atoms with Crippen molar-refractivity contribution in [2.45, 2.75) is 19.2 Å². The molecule has 1 aromatic carbocycles. The molecular formula is C23H20F3N5O4. The first-order valence-electron chi connectivity index (χ1n) is 10.4. The zero-order valence-corrected chi connectivity index (χ0v) is 18.3. The molecule has 12 heteroatoms. The van der Waals surface area contributed by atoms with Gasteiger partial charge in [0.15, 0.2) is 11.5 Å². The Kier molecular flexibility index (Phi) is 6.67. The van der Waals surface area contributed by atoms with Crippen molar-refractivity contribution < 1.29 is 32.9 Å². The minimum Gasteiger partial charge on any atom is -0.475 e. The van der Waals surface area contributed by atoms with E-state index in [2.05, 4.69) is 20.4 Å². The number of aliphatic hydroxyl groups is 2. The molecule has 0 saturated carbocycles. The second-order valence-electron chi connectivity index (χ2n) is 7.54. The highest BCUT2D eigenvalue weighted by Gasteiger charge is 2.33. The van der Waals surface area contributed by atoms with Gasteiger partial charge in [-0.3, -0.25) is 4.79 Å². The molecule has 0 fully saturated rings. The molecule has 0 radical (unpaired) electrons. The fraction of sp³-hybridized carbons (Fsp3) is 0.217. The van der Waals surface area contributed by atoms with Gasteiger partial charge < -0.3 is 20.3 Å². The summed E-state index contributed by atoms with van der Waals surface area (Å²) >= 11 is 0. The summed E-state index contributed by atoms with van der Waals surface area (Å²) in [6, 6.07) is 12.5. The molecule has 0 bridgehead atoms. The quantitative estimate of drug-likeness (QED) is 0.366. The van der Waals surface area contributed by atoms with Gasteiger partial charge in [0.2, 0.25) is 5.88 Å². The number of ether oxygens (including phenoxy) is 1. The van der Waals surface area contributed by atoms with Crippen LogP contribution in [0.1, 0.15) is 21.7 Å². The molecule has 4 rings (SSSR count). The number of amides is 1. The largest absolute Gasteiger partial charge is 0.475 e. The van der Waals surface area contributed by atoms with E-state index < -0.39 is 30.4 Å². The van der Waals surface area contributed by atoms with Crippen molar-refractivity contribution in [3.63, 3.8) is 0 Å². The maximum Gasteiger partial charge on any atom is 0.417 e. The molecule has 35 heavy (non-hydrogen) atoms. The van der Waals surface area contributed by atoms with Gasteiger partial charge in [0.25, 0.3) is 5.91 Å². The van der Waals surface area contributed by atoms with E-state index in [0.29, 0.717) is 11.3 Å². The second kappa shape index (κ2) is 9.68. The number of aryl methyl sites for hydroxylation is 1. The third kappa shape index (κ3) is 5.23. The number of aliphatic hydroxyl groups excluding tert-OH is 2. The van der Waals surface area contributed by atoms with Crippen molar-refractivity contribution in [3.8, 4) is 17.1 Å². The van der Waals surface area contributed by atoms with Crippen LogP contribution in [-0.2, 0) is 6.18 Å². The van der Waals surface area contributed by atoms with E-state index in [1.54, 1.807) is 6.92 Å². The van der Waals surface area contributed by atoms with Crippen molar-refractivity contribution in [1.29, 1.82) is 0 Å². The van der Waals surface area contributed by atoms with Gasteiger partial charge >= 0.3 is 6.18 Å². The van der Waals surface area contributed by atoms with Gasteiger partial charge in [-0.15, -0.1) is 0 Å². The van der Waals surface area contributed by atoms with E-state index in [0.717, 1.165) is 6.07 Å². The lowest BCUT2D eigenvalue weighted by Gasteiger charge is -2.13. The topological polar surface area (TPSA) is 122 Å². The lowest BCUT2D eigenvalue weighted by Crippen LogP contribution is -2.22. The first-order chi connectivity index (χ1) is 16.7. The summed E-state index contributed by atoms with van der Waals surface area (Å²) in [4.78, 5) is 21.2. The summed E-state index contributed by atoms with van der Waals surface area (Å²) in [5.41, 5.74) is -0.188. The third-order valence-corrected chi connectivity index (χ3v) is 4.98. The summed E-state index contributed by atoms with van der Waals surface area (Å²) in [6.07, 6.45) is -5.67. The van der Waals surface area contributed by atoms with Crippen LogP contribution in [0.15, 0.2) is 54.6 Å². The van der Waals surface area contributed by atoms with Crippen molar-refractivity contribution in [1.82, 2.24) is 19.6 Å². The number of halogens is 3. The number of rotatable bonds is 7. The number of pyridine rings is 1. The number of hydrogen-bond acceptors (Lipinski definition) is 7. The average molecular weight is 487 g/mol. The molecule has 0 aliphatic heterocycles. The van der Waals surface area contributed by atoms with E-state index in [1.165, 1.54) is 53.0 Å². The summed E-state index contributed by atoms with van der Waals surface area (Å²) in [7, 11) is 0. The molecule has 3 N–H and O–H groups in total. The van der Waals surface area contributed by atoms with E-state index in [4.69, 9.17) is 9.84 Å². The van der Waals surface area contributed by atoms with Crippen LogP contribution in [0.4, 0.5) is 19.0 Å². The number of carbonyl (C=O) groups is 1. The number of nitrogens with zero attached hydrogens (tertiary/aromatic N) is 4. The van der Waals surface area contributed by atoms with Gasteiger partial charge in [-0.05, 0) is 31.2 Å². The smallest absolute Gasteiger partial charge is 0.417 e. The Balaban J connectivity index is 1.65. The molecule has 3 aromatic heterocycles. The molecule has 1 amide bonds. The van der Waals surface area contributed by atoms with Gasteiger partial charge in [-0.1, -0.05) is 24.3 Å². The maximum absolute atomic E-state index is 13.5. The molecule has 9 nitrogen and oxygen atoms in total. The van der Waals surface area contributed by atoms with Crippen LogP contribution in [0.25, 0.3) is 16.9 Å². The summed E-state index contributed by atoms with van der Waals surface area (Å²) < 4.78 is 47.0. The van der Waals surface area contributed by atoms with Crippen molar-refractivity contribution in [2.24, 2.45) is 0 Å². The monoisotopic (exact) mass is 487 g/mol. The second-order valence-corrected chi connectivity index (χ2v) is 7.54. The molecular weight excluding hydrogens is 467 g/mol. The first-order valence-corrected chi connectivity index (χ1v) is 10.4. The zero-order valence-electron chi connectivity index (χ0n) is 18.3. The lowest BCUT2D eigenvalue weighted by atomic mass is 10.0. The molecule has 182 valence electrons. The average Bonchev–Trinajstić information content (AvgIpc) is 3.16. The third-order valence-electron chi connectivity index (χ3n) is 4.98. The minimum absolute atomic E-state index is 0.0195. The number of anilines is 1. The van der Waals surface area contributed by atoms with Crippen LogP contribution >= 0.6 is 0 Å². The van der Waals surface area contributed by atoms with Gasteiger partial charge in [0.1, 0.15) is 18.4 Å². The molecule has 0 spiro atoms. The predicted octanol–water partition coefficient (Wildman–Crippen LogP) is 3.10. The Morgan fingerprint density at radius 2 is 1.89 bits per heavy atom. The first kappa shape index (κ1) is 24.1. The number of alkyl halides is 3. The van der Waals surface area contributed by atoms with Crippen molar-refractivity contribution >= 4 is 17.4 Å². The SMILES string of the molecule is Cc1nc2ccc(-c3ccccc3C(F)(F)F)nn2c1NC(=O)c1cccc(OCC(O)CO)n1.